The highest BCUT2D eigenvalue weighted by Crippen LogP contribution is 2.36. The summed E-state index contributed by atoms with van der Waals surface area (Å²) in [5, 5.41) is 8.79. The second-order valence-corrected chi connectivity index (χ2v) is 7.98. The summed E-state index contributed by atoms with van der Waals surface area (Å²) in [6, 6.07) is 29.3. The van der Waals surface area contributed by atoms with Gasteiger partial charge in [-0.2, -0.15) is 5.10 Å². The lowest BCUT2D eigenvalue weighted by Crippen LogP contribution is -2.11. The molecule has 0 aliphatic heterocycles. The minimum absolute atomic E-state index is 0.177. The molecule has 6 heteroatoms. The van der Waals surface area contributed by atoms with Crippen LogP contribution < -0.4 is 10.1 Å². The molecule has 0 saturated carbocycles. The highest BCUT2D eigenvalue weighted by Gasteiger charge is 2.20. The summed E-state index contributed by atoms with van der Waals surface area (Å²) in [6.45, 7) is 0. The Morgan fingerprint density at radius 1 is 0.935 bits per heavy atom. The fraction of sp³-hybridized carbons (Fsp3) is 0.0400. The molecule has 2 heterocycles. The smallest absolute Gasteiger partial charge is 0.265 e. The summed E-state index contributed by atoms with van der Waals surface area (Å²) in [4.78, 5) is 14.6. The SMILES string of the molecule is COc1ccccc1NC(=O)c1cc2c(-c3ccccc3)nn(-c3ccccc3)c2s1. The molecule has 31 heavy (non-hydrogen) atoms. The van der Waals surface area contributed by atoms with Gasteiger partial charge in [-0.05, 0) is 30.3 Å². The molecule has 0 unspecified atom stereocenters. The molecule has 2 aromatic heterocycles. The van der Waals surface area contributed by atoms with Gasteiger partial charge < -0.3 is 10.1 Å². The predicted octanol–water partition coefficient (Wildman–Crippen LogP) is 6.01. The zero-order valence-electron chi connectivity index (χ0n) is 16.8. The molecule has 5 aromatic rings. The number of para-hydroxylation sites is 3. The molecular weight excluding hydrogens is 406 g/mol. The van der Waals surface area contributed by atoms with Crippen LogP contribution in [0.15, 0.2) is 91.0 Å². The summed E-state index contributed by atoms with van der Waals surface area (Å²) in [5.74, 6) is 0.446. The molecule has 0 atom stereocenters. The van der Waals surface area contributed by atoms with Crippen LogP contribution in [-0.4, -0.2) is 22.8 Å². The van der Waals surface area contributed by atoms with Crippen molar-refractivity contribution in [2.45, 2.75) is 0 Å². The van der Waals surface area contributed by atoms with Gasteiger partial charge in [0, 0.05) is 10.9 Å². The van der Waals surface area contributed by atoms with Crippen molar-refractivity contribution >= 4 is 33.1 Å². The minimum atomic E-state index is -0.177. The van der Waals surface area contributed by atoms with Crippen molar-refractivity contribution in [2.24, 2.45) is 0 Å². The van der Waals surface area contributed by atoms with Crippen molar-refractivity contribution in [3.8, 4) is 22.7 Å². The van der Waals surface area contributed by atoms with E-state index in [1.807, 2.05) is 95.7 Å². The Labute approximate surface area is 183 Å². The van der Waals surface area contributed by atoms with Crippen LogP contribution in [0.1, 0.15) is 9.67 Å². The molecule has 0 bridgehead atoms. The van der Waals surface area contributed by atoms with Gasteiger partial charge in [-0.25, -0.2) is 4.68 Å². The first-order valence-electron chi connectivity index (χ1n) is 9.82. The number of hydrogen-bond donors (Lipinski definition) is 1. The number of hydrogen-bond acceptors (Lipinski definition) is 4. The van der Waals surface area contributed by atoms with Crippen LogP contribution in [0.5, 0.6) is 5.75 Å². The molecule has 0 spiro atoms. The number of amides is 1. The van der Waals surface area contributed by atoms with Gasteiger partial charge in [-0.3, -0.25) is 4.79 Å². The van der Waals surface area contributed by atoms with Crippen LogP contribution in [0.4, 0.5) is 5.69 Å². The summed E-state index contributed by atoms with van der Waals surface area (Å²) in [7, 11) is 1.59. The van der Waals surface area contributed by atoms with E-state index in [4.69, 9.17) is 9.84 Å². The van der Waals surface area contributed by atoms with E-state index in [2.05, 4.69) is 5.32 Å². The van der Waals surface area contributed by atoms with E-state index in [1.165, 1.54) is 11.3 Å². The molecule has 0 aliphatic carbocycles. The van der Waals surface area contributed by atoms with E-state index in [9.17, 15) is 4.79 Å². The third kappa shape index (κ3) is 3.58. The standard InChI is InChI=1S/C25H19N3O2S/c1-30-21-15-9-8-14-20(21)26-24(29)22-16-19-23(17-10-4-2-5-11-17)27-28(25(19)31-22)18-12-6-3-7-13-18/h2-16H,1H3,(H,26,29). The summed E-state index contributed by atoms with van der Waals surface area (Å²) >= 11 is 1.42. The Balaban J connectivity index is 1.61. The first-order valence-corrected chi connectivity index (χ1v) is 10.6. The van der Waals surface area contributed by atoms with Crippen LogP contribution >= 0.6 is 11.3 Å². The van der Waals surface area contributed by atoms with Crippen molar-refractivity contribution in [1.29, 1.82) is 0 Å². The third-order valence-electron chi connectivity index (χ3n) is 4.99. The van der Waals surface area contributed by atoms with E-state index in [0.717, 1.165) is 27.2 Å². The molecule has 3 aromatic carbocycles. The predicted molar refractivity (Wildman–Crippen MR) is 125 cm³/mol. The lowest BCUT2D eigenvalue weighted by atomic mass is 10.1. The summed E-state index contributed by atoms with van der Waals surface area (Å²) in [5.41, 5.74) is 3.46. The fourth-order valence-electron chi connectivity index (χ4n) is 3.50. The lowest BCUT2D eigenvalue weighted by Gasteiger charge is -2.08. The second-order valence-electron chi connectivity index (χ2n) is 6.95. The molecule has 5 rings (SSSR count). The maximum Gasteiger partial charge on any atom is 0.265 e. The maximum atomic E-state index is 13.1. The normalized spacial score (nSPS) is 10.9. The molecular formula is C25H19N3O2S. The first kappa shape index (κ1) is 19.1. The van der Waals surface area contributed by atoms with Gasteiger partial charge in [0.1, 0.15) is 16.3 Å². The zero-order chi connectivity index (χ0) is 21.2. The van der Waals surface area contributed by atoms with Crippen molar-refractivity contribution in [3.63, 3.8) is 0 Å². The third-order valence-corrected chi connectivity index (χ3v) is 6.10. The number of aromatic nitrogens is 2. The number of carbonyl (C=O) groups excluding carboxylic acids is 1. The quantitative estimate of drug-likeness (QED) is 0.375. The molecule has 0 saturated heterocycles. The Morgan fingerprint density at radius 2 is 1.61 bits per heavy atom. The average molecular weight is 426 g/mol. The molecule has 152 valence electrons. The number of benzene rings is 3. The zero-order valence-corrected chi connectivity index (χ0v) is 17.6. The molecule has 0 aliphatic rings. The van der Waals surface area contributed by atoms with Crippen molar-refractivity contribution in [1.82, 2.24) is 9.78 Å². The number of rotatable bonds is 5. The molecule has 5 nitrogen and oxygen atoms in total. The number of anilines is 1. The largest absolute Gasteiger partial charge is 0.495 e. The topological polar surface area (TPSA) is 56.1 Å². The van der Waals surface area contributed by atoms with Gasteiger partial charge in [0.2, 0.25) is 0 Å². The maximum absolute atomic E-state index is 13.1. The van der Waals surface area contributed by atoms with Crippen LogP contribution in [0.3, 0.4) is 0 Å². The number of carbonyl (C=O) groups is 1. The lowest BCUT2D eigenvalue weighted by molar-refractivity contribution is 0.103. The van der Waals surface area contributed by atoms with Crippen LogP contribution in [0.2, 0.25) is 0 Å². The Kier molecular flexibility index (Phi) is 4.98. The first-order chi connectivity index (χ1) is 15.2. The number of fused-ring (bicyclic) bond motifs is 1. The van der Waals surface area contributed by atoms with Gasteiger partial charge >= 0.3 is 0 Å². The Hall–Kier alpha value is -3.90. The number of nitrogens with one attached hydrogen (secondary N) is 1. The number of methoxy groups -OCH3 is 1. The van der Waals surface area contributed by atoms with Gasteiger partial charge in [0.25, 0.3) is 5.91 Å². The summed E-state index contributed by atoms with van der Waals surface area (Å²) in [6.07, 6.45) is 0. The average Bonchev–Trinajstić information content (AvgIpc) is 3.40. The Morgan fingerprint density at radius 3 is 2.35 bits per heavy atom. The molecule has 0 fully saturated rings. The molecule has 0 radical (unpaired) electrons. The highest BCUT2D eigenvalue weighted by molar-refractivity contribution is 7.20. The van der Waals surface area contributed by atoms with Crippen LogP contribution in [0.25, 0.3) is 27.2 Å². The van der Waals surface area contributed by atoms with Crippen molar-refractivity contribution < 1.29 is 9.53 Å². The number of thiophene rings is 1. The van der Waals surface area contributed by atoms with Crippen LogP contribution in [0, 0.1) is 0 Å². The second kappa shape index (κ2) is 8.08. The van der Waals surface area contributed by atoms with Crippen molar-refractivity contribution in [3.05, 3.63) is 95.9 Å². The van der Waals surface area contributed by atoms with Crippen molar-refractivity contribution in [2.75, 3.05) is 12.4 Å². The summed E-state index contributed by atoms with van der Waals surface area (Å²) < 4.78 is 7.26. The van der Waals surface area contributed by atoms with Gasteiger partial charge in [0.15, 0.2) is 0 Å². The Bertz CT molecular complexity index is 1290. The van der Waals surface area contributed by atoms with E-state index < -0.39 is 0 Å². The van der Waals surface area contributed by atoms with Gasteiger partial charge in [0.05, 0.1) is 23.4 Å². The van der Waals surface area contributed by atoms with E-state index in [1.54, 1.807) is 7.11 Å². The van der Waals surface area contributed by atoms with E-state index >= 15 is 0 Å². The van der Waals surface area contributed by atoms with Gasteiger partial charge in [-0.15, -0.1) is 11.3 Å². The minimum Gasteiger partial charge on any atom is -0.495 e. The fourth-order valence-corrected chi connectivity index (χ4v) is 4.53. The molecule has 1 amide bonds. The monoisotopic (exact) mass is 425 g/mol. The van der Waals surface area contributed by atoms with Gasteiger partial charge in [-0.1, -0.05) is 60.7 Å². The van der Waals surface area contributed by atoms with Crippen LogP contribution in [-0.2, 0) is 0 Å². The van der Waals surface area contributed by atoms with E-state index in [0.29, 0.717) is 16.3 Å². The highest BCUT2D eigenvalue weighted by atomic mass is 32.1. The number of ether oxygens (including phenoxy) is 1. The number of nitrogens with zero attached hydrogens (tertiary/aromatic N) is 2. The van der Waals surface area contributed by atoms with E-state index in [-0.39, 0.29) is 5.91 Å². The molecule has 1 N–H and O–H groups in total.